The Balaban J connectivity index is 0.000000358. The van der Waals surface area contributed by atoms with Crippen LogP contribution in [-0.4, -0.2) is 62.9 Å². The van der Waals surface area contributed by atoms with E-state index in [4.69, 9.17) is 35.0 Å². The minimum atomic E-state index is -3.84. The highest BCUT2D eigenvalue weighted by Crippen LogP contribution is 2.27. The van der Waals surface area contributed by atoms with E-state index in [0.717, 1.165) is 16.9 Å². The van der Waals surface area contributed by atoms with E-state index in [1.54, 1.807) is 24.3 Å². The van der Waals surface area contributed by atoms with Crippen LogP contribution in [0.2, 0.25) is 0 Å². The zero-order chi connectivity index (χ0) is 32.9. The van der Waals surface area contributed by atoms with Gasteiger partial charge in [0, 0.05) is 18.6 Å². The fourth-order valence-electron chi connectivity index (χ4n) is 4.25. The van der Waals surface area contributed by atoms with Crippen LogP contribution >= 0.6 is 0 Å². The van der Waals surface area contributed by atoms with E-state index in [2.05, 4.69) is 5.32 Å². The Morgan fingerprint density at radius 2 is 1.20 bits per heavy atom. The number of hydrogen-bond acceptors (Lipinski definition) is 10. The zero-order valence-corrected chi connectivity index (χ0v) is 27.4. The minimum absolute atomic E-state index is 0.00411. The summed E-state index contributed by atoms with van der Waals surface area (Å²) in [6.07, 6.45) is 1.23. The van der Waals surface area contributed by atoms with E-state index >= 15 is 0 Å². The topological polar surface area (TPSA) is 195 Å². The molecule has 0 bridgehead atoms. The van der Waals surface area contributed by atoms with E-state index in [1.807, 2.05) is 51.1 Å². The normalized spacial score (nSPS) is 12.8. The molecule has 0 amide bonds. The Kier molecular flexibility index (Phi) is 14.4. The van der Waals surface area contributed by atoms with E-state index in [1.165, 1.54) is 20.3 Å². The van der Waals surface area contributed by atoms with Gasteiger partial charge in [-0.05, 0) is 81.1 Å². The average molecular weight is 653 g/mol. The molecule has 0 aliphatic rings. The Morgan fingerprint density at radius 3 is 1.64 bits per heavy atom. The molecule has 3 aromatic carbocycles. The third kappa shape index (κ3) is 11.9. The SMILES string of the molecule is CCOc1ccccc1OCCN[C@H](C)Cc1ccc(OC)c(S(N)(=O)=O)c1.COc1ccc(C[C@@H](C)N)cc1S(N)(=O)=O. The third-order valence-electron chi connectivity index (χ3n) is 6.17. The number of ether oxygens (including phenoxy) is 4. The summed E-state index contributed by atoms with van der Waals surface area (Å²) in [7, 11) is -4.80. The van der Waals surface area contributed by atoms with Crippen LogP contribution in [0.5, 0.6) is 23.0 Å². The van der Waals surface area contributed by atoms with Crippen molar-refractivity contribution in [1.82, 2.24) is 5.32 Å². The molecule has 0 aliphatic carbocycles. The highest BCUT2D eigenvalue weighted by molar-refractivity contribution is 7.89. The van der Waals surface area contributed by atoms with Gasteiger partial charge in [0.05, 0.1) is 20.8 Å². The molecule has 0 fully saturated rings. The lowest BCUT2D eigenvalue weighted by Crippen LogP contribution is -2.32. The fraction of sp³-hybridized carbons (Fsp3) is 0.400. The summed E-state index contributed by atoms with van der Waals surface area (Å²) < 4.78 is 67.4. The summed E-state index contributed by atoms with van der Waals surface area (Å²) in [5.41, 5.74) is 7.32. The number of rotatable bonds is 15. The molecule has 44 heavy (non-hydrogen) atoms. The van der Waals surface area contributed by atoms with Crippen molar-refractivity contribution in [1.29, 1.82) is 0 Å². The number of benzene rings is 3. The predicted molar refractivity (Wildman–Crippen MR) is 170 cm³/mol. The quantitative estimate of drug-likeness (QED) is 0.177. The molecule has 0 aliphatic heterocycles. The van der Waals surface area contributed by atoms with E-state index in [9.17, 15) is 16.8 Å². The van der Waals surface area contributed by atoms with Gasteiger partial charge in [-0.15, -0.1) is 0 Å². The van der Waals surface area contributed by atoms with Crippen molar-refractivity contribution >= 4 is 20.0 Å². The van der Waals surface area contributed by atoms with Crippen molar-refractivity contribution in [2.24, 2.45) is 16.0 Å². The van der Waals surface area contributed by atoms with Gasteiger partial charge in [0.25, 0.3) is 0 Å². The number of nitrogens with one attached hydrogen (secondary N) is 1. The Bertz CT molecular complexity index is 1560. The van der Waals surface area contributed by atoms with Crippen molar-refractivity contribution in [2.45, 2.75) is 55.5 Å². The van der Waals surface area contributed by atoms with Gasteiger partial charge in [-0.2, -0.15) is 0 Å². The molecule has 0 saturated heterocycles. The summed E-state index contributed by atoms with van der Waals surface area (Å²) in [6, 6.07) is 17.5. The molecule has 244 valence electrons. The Labute approximate surface area is 260 Å². The summed E-state index contributed by atoms with van der Waals surface area (Å²) in [5.74, 6) is 1.93. The summed E-state index contributed by atoms with van der Waals surface area (Å²) in [6.45, 7) is 7.51. The maximum absolute atomic E-state index is 11.7. The van der Waals surface area contributed by atoms with Crippen molar-refractivity contribution in [3.8, 4) is 23.0 Å². The molecule has 0 aromatic heterocycles. The highest BCUT2D eigenvalue weighted by atomic mass is 32.2. The number of sulfonamides is 2. The second-order valence-electron chi connectivity index (χ2n) is 10.0. The van der Waals surface area contributed by atoms with Crippen LogP contribution in [0.4, 0.5) is 0 Å². The van der Waals surface area contributed by atoms with E-state index in [0.29, 0.717) is 38.3 Å². The Hall–Kier alpha value is -3.40. The standard InChI is InChI=1S/C20H28N2O5S.C10H16N2O3S/c1-4-26-17-7-5-6-8-18(17)27-12-11-22-15(2)13-16-9-10-19(25-3)20(14-16)28(21,23)24;1-7(11)5-8-3-4-9(15-2)10(6-8)16(12,13)14/h5-10,14-15,22H,4,11-13H2,1-3H3,(H2,21,23,24);3-4,6-7H,5,11H2,1-2H3,(H2,12,13,14)/t15-;7-/m11/s1. The van der Waals surface area contributed by atoms with Gasteiger partial charge < -0.3 is 30.0 Å². The maximum Gasteiger partial charge on any atom is 0.241 e. The van der Waals surface area contributed by atoms with Crippen LogP contribution in [0.25, 0.3) is 0 Å². The van der Waals surface area contributed by atoms with Crippen molar-refractivity contribution in [3.63, 3.8) is 0 Å². The lowest BCUT2D eigenvalue weighted by atomic mass is 10.1. The van der Waals surface area contributed by atoms with Crippen molar-refractivity contribution < 1.29 is 35.8 Å². The molecule has 0 unspecified atom stereocenters. The lowest BCUT2D eigenvalue weighted by Gasteiger charge is -2.16. The van der Waals surface area contributed by atoms with Crippen LogP contribution in [0, 0.1) is 0 Å². The minimum Gasteiger partial charge on any atom is -0.495 e. The maximum atomic E-state index is 11.7. The molecule has 3 aromatic rings. The number of primary sulfonamides is 2. The molecule has 7 N–H and O–H groups in total. The summed E-state index contributed by atoms with van der Waals surface area (Å²) in [4.78, 5) is -0.0104. The third-order valence-corrected chi connectivity index (χ3v) is 8.03. The smallest absolute Gasteiger partial charge is 0.241 e. The molecule has 14 heteroatoms. The number of hydrogen-bond donors (Lipinski definition) is 4. The van der Waals surface area contributed by atoms with Gasteiger partial charge in [-0.25, -0.2) is 27.1 Å². The van der Waals surface area contributed by atoms with Gasteiger partial charge in [-0.3, -0.25) is 0 Å². The molecule has 0 heterocycles. The number of methoxy groups -OCH3 is 2. The molecule has 0 spiro atoms. The van der Waals surface area contributed by atoms with E-state index in [-0.39, 0.29) is 33.4 Å². The number of nitrogens with two attached hydrogens (primary N) is 3. The second-order valence-corrected chi connectivity index (χ2v) is 13.1. The zero-order valence-electron chi connectivity index (χ0n) is 25.8. The van der Waals surface area contributed by atoms with Gasteiger partial charge in [-0.1, -0.05) is 24.3 Å². The van der Waals surface area contributed by atoms with Gasteiger partial charge in [0.15, 0.2) is 11.5 Å². The van der Waals surface area contributed by atoms with Crippen LogP contribution in [0.15, 0.2) is 70.5 Å². The first-order valence-electron chi connectivity index (χ1n) is 13.9. The second kappa shape index (κ2) is 17.2. The van der Waals surface area contributed by atoms with Gasteiger partial charge >= 0.3 is 0 Å². The van der Waals surface area contributed by atoms with Crippen LogP contribution < -0.4 is 40.3 Å². The predicted octanol–water partition coefficient (Wildman–Crippen LogP) is 2.57. The molecule has 12 nitrogen and oxygen atoms in total. The molecule has 2 atom stereocenters. The van der Waals surface area contributed by atoms with E-state index < -0.39 is 20.0 Å². The first kappa shape index (κ1) is 36.8. The molecular weight excluding hydrogens is 608 g/mol. The van der Waals surface area contributed by atoms with Crippen LogP contribution in [0.3, 0.4) is 0 Å². The molecular formula is C30H44N4O8S2. The van der Waals surface area contributed by atoms with Gasteiger partial charge in [0.2, 0.25) is 20.0 Å². The van der Waals surface area contributed by atoms with Crippen LogP contribution in [-0.2, 0) is 32.9 Å². The van der Waals surface area contributed by atoms with Crippen LogP contribution in [0.1, 0.15) is 31.9 Å². The molecule has 0 radical (unpaired) electrons. The first-order chi connectivity index (χ1) is 20.7. The van der Waals surface area contributed by atoms with Crippen molar-refractivity contribution in [3.05, 3.63) is 71.8 Å². The van der Waals surface area contributed by atoms with Crippen molar-refractivity contribution in [2.75, 3.05) is 34.0 Å². The molecule has 0 saturated carbocycles. The number of para-hydroxylation sites is 2. The summed E-state index contributed by atoms with van der Waals surface area (Å²) in [5, 5.41) is 13.7. The first-order valence-corrected chi connectivity index (χ1v) is 17.0. The summed E-state index contributed by atoms with van der Waals surface area (Å²) >= 11 is 0. The molecule has 3 rings (SSSR count). The monoisotopic (exact) mass is 652 g/mol. The Morgan fingerprint density at radius 1 is 0.727 bits per heavy atom. The average Bonchev–Trinajstić information content (AvgIpc) is 2.95. The van der Waals surface area contributed by atoms with Gasteiger partial charge in [0.1, 0.15) is 27.9 Å². The largest absolute Gasteiger partial charge is 0.495 e. The lowest BCUT2D eigenvalue weighted by molar-refractivity contribution is 0.272. The highest BCUT2D eigenvalue weighted by Gasteiger charge is 2.17. The fourth-order valence-corrected chi connectivity index (χ4v) is 5.74.